The summed E-state index contributed by atoms with van der Waals surface area (Å²) >= 11 is 1.54. The van der Waals surface area contributed by atoms with Gasteiger partial charge in [-0.15, -0.1) is 0 Å². The van der Waals surface area contributed by atoms with Crippen molar-refractivity contribution in [1.29, 1.82) is 0 Å². The van der Waals surface area contributed by atoms with Crippen LogP contribution in [-0.2, 0) is 0 Å². The van der Waals surface area contributed by atoms with E-state index in [0.29, 0.717) is 11.4 Å². The summed E-state index contributed by atoms with van der Waals surface area (Å²) in [5.41, 5.74) is 6.41. The minimum absolute atomic E-state index is 0.210. The second-order valence-corrected chi connectivity index (χ2v) is 5.08. The first-order valence-electron chi connectivity index (χ1n) is 5.97. The number of methoxy groups -OCH3 is 1. The molecule has 0 aliphatic rings. The van der Waals surface area contributed by atoms with Gasteiger partial charge in [-0.25, -0.2) is 15.0 Å². The number of nitrogen functional groups attached to an aromatic ring is 1. The predicted octanol–water partition coefficient (Wildman–Crippen LogP) is 2.77. The van der Waals surface area contributed by atoms with E-state index < -0.39 is 0 Å². The first kappa shape index (κ1) is 12.7. The lowest BCUT2D eigenvalue weighted by molar-refractivity contribution is 0.402. The van der Waals surface area contributed by atoms with Gasteiger partial charge in [-0.1, -0.05) is 30.0 Å². The number of pyridine rings is 1. The minimum atomic E-state index is 0.210. The van der Waals surface area contributed by atoms with Crippen LogP contribution in [0.3, 0.4) is 0 Å². The van der Waals surface area contributed by atoms with Crippen molar-refractivity contribution in [1.82, 2.24) is 15.0 Å². The molecule has 2 heterocycles. The minimum Gasteiger partial charge on any atom is -0.479 e. The third kappa shape index (κ3) is 2.37. The van der Waals surface area contributed by atoms with Crippen molar-refractivity contribution in [3.8, 4) is 5.88 Å². The summed E-state index contributed by atoms with van der Waals surface area (Å²) in [6.07, 6.45) is 1.68. The Hall–Kier alpha value is -2.34. The lowest BCUT2D eigenvalue weighted by Crippen LogP contribution is -1.99. The maximum atomic E-state index is 5.78. The van der Waals surface area contributed by atoms with Gasteiger partial charge in [0.25, 0.3) is 0 Å². The van der Waals surface area contributed by atoms with E-state index in [1.165, 1.54) is 11.8 Å². The highest BCUT2D eigenvalue weighted by Gasteiger charge is 2.12. The number of aromatic nitrogens is 3. The highest BCUT2D eigenvalue weighted by atomic mass is 32.2. The van der Waals surface area contributed by atoms with Gasteiger partial charge in [0.05, 0.1) is 7.11 Å². The summed E-state index contributed by atoms with van der Waals surface area (Å²) in [6.45, 7) is 0. The summed E-state index contributed by atoms with van der Waals surface area (Å²) in [5.74, 6) is 0.661. The second-order valence-electron chi connectivity index (χ2n) is 4.02. The van der Waals surface area contributed by atoms with Crippen LogP contribution in [-0.4, -0.2) is 22.1 Å². The summed E-state index contributed by atoms with van der Waals surface area (Å²) in [5, 5.41) is 1.67. The zero-order valence-electron chi connectivity index (χ0n) is 10.8. The van der Waals surface area contributed by atoms with E-state index in [0.717, 1.165) is 15.3 Å². The van der Waals surface area contributed by atoms with E-state index in [1.54, 1.807) is 13.3 Å². The molecule has 2 aromatic heterocycles. The normalized spacial score (nSPS) is 10.7. The lowest BCUT2D eigenvalue weighted by Gasteiger charge is -2.08. The fourth-order valence-corrected chi connectivity index (χ4v) is 2.78. The third-order valence-electron chi connectivity index (χ3n) is 2.71. The number of ether oxygens (including phenoxy) is 1. The molecule has 0 aliphatic heterocycles. The molecule has 0 aliphatic carbocycles. The van der Waals surface area contributed by atoms with Crippen LogP contribution in [0.25, 0.3) is 10.9 Å². The first-order valence-corrected chi connectivity index (χ1v) is 6.78. The molecule has 0 spiro atoms. The molecule has 6 heteroatoms. The number of nitrogens with two attached hydrogens (primary N) is 1. The molecule has 0 fully saturated rings. The Balaban J connectivity index is 2.15. The van der Waals surface area contributed by atoms with Crippen molar-refractivity contribution in [3.63, 3.8) is 0 Å². The number of benzene rings is 1. The molecule has 0 amide bonds. The molecule has 0 atom stereocenters. The quantitative estimate of drug-likeness (QED) is 0.745. The topological polar surface area (TPSA) is 73.9 Å². The lowest BCUT2D eigenvalue weighted by atomic mass is 10.3. The van der Waals surface area contributed by atoms with Gasteiger partial charge >= 0.3 is 0 Å². The van der Waals surface area contributed by atoms with Gasteiger partial charge in [0, 0.05) is 16.5 Å². The molecular formula is C14H12N4OS. The molecule has 0 saturated carbocycles. The number of rotatable bonds is 3. The van der Waals surface area contributed by atoms with Crippen LogP contribution in [0.4, 0.5) is 5.95 Å². The molecule has 3 aromatic rings. The average molecular weight is 284 g/mol. The number of fused-ring (bicyclic) bond motifs is 1. The van der Waals surface area contributed by atoms with E-state index >= 15 is 0 Å². The van der Waals surface area contributed by atoms with Crippen molar-refractivity contribution in [2.24, 2.45) is 0 Å². The van der Waals surface area contributed by atoms with Crippen LogP contribution in [0.1, 0.15) is 0 Å². The molecule has 2 N–H and O–H groups in total. The van der Waals surface area contributed by atoms with E-state index in [9.17, 15) is 0 Å². The molecule has 1 aromatic carbocycles. The highest BCUT2D eigenvalue weighted by molar-refractivity contribution is 7.99. The van der Waals surface area contributed by atoms with Crippen LogP contribution in [0.2, 0.25) is 0 Å². The van der Waals surface area contributed by atoms with Gasteiger partial charge in [0.1, 0.15) is 10.5 Å². The van der Waals surface area contributed by atoms with Crippen molar-refractivity contribution in [2.45, 2.75) is 9.92 Å². The van der Waals surface area contributed by atoms with Crippen molar-refractivity contribution in [3.05, 3.63) is 42.6 Å². The average Bonchev–Trinajstić information content (AvgIpc) is 2.47. The molecule has 5 nitrogen and oxygen atoms in total. The van der Waals surface area contributed by atoms with Crippen molar-refractivity contribution >= 4 is 28.6 Å². The Bertz CT molecular complexity index is 749. The molecule has 100 valence electrons. The summed E-state index contributed by atoms with van der Waals surface area (Å²) < 4.78 is 5.22. The Morgan fingerprint density at radius 1 is 1.10 bits per heavy atom. The monoisotopic (exact) mass is 284 g/mol. The van der Waals surface area contributed by atoms with Crippen molar-refractivity contribution in [2.75, 3.05) is 12.8 Å². The van der Waals surface area contributed by atoms with Gasteiger partial charge in [-0.3, -0.25) is 0 Å². The van der Waals surface area contributed by atoms with Gasteiger partial charge in [0.15, 0.2) is 0 Å². The van der Waals surface area contributed by atoms with Crippen LogP contribution in [0, 0.1) is 0 Å². The Kier molecular flexibility index (Phi) is 3.39. The highest BCUT2D eigenvalue weighted by Crippen LogP contribution is 2.33. The fourth-order valence-electron chi connectivity index (χ4n) is 1.85. The Morgan fingerprint density at radius 2 is 1.90 bits per heavy atom. The van der Waals surface area contributed by atoms with E-state index in [1.807, 2.05) is 36.4 Å². The standard InChI is InChI=1S/C14H12N4OS/c1-19-12-11-10(7-8-16-12)13(18-14(15)17-11)20-9-5-3-2-4-6-9/h2-8H,1H3,(H2,15,17,18). The van der Waals surface area contributed by atoms with Crippen LogP contribution in [0.15, 0.2) is 52.5 Å². The number of nitrogens with zero attached hydrogens (tertiary/aromatic N) is 3. The Labute approximate surface area is 120 Å². The number of hydrogen-bond acceptors (Lipinski definition) is 6. The van der Waals surface area contributed by atoms with Gasteiger partial charge in [-0.2, -0.15) is 0 Å². The zero-order chi connectivity index (χ0) is 13.9. The van der Waals surface area contributed by atoms with Crippen LogP contribution in [0.5, 0.6) is 5.88 Å². The van der Waals surface area contributed by atoms with Crippen LogP contribution >= 0.6 is 11.8 Å². The summed E-state index contributed by atoms with van der Waals surface area (Å²) in [4.78, 5) is 13.8. The first-order chi connectivity index (χ1) is 9.78. The summed E-state index contributed by atoms with van der Waals surface area (Å²) in [6, 6.07) is 11.8. The molecule has 20 heavy (non-hydrogen) atoms. The molecular weight excluding hydrogens is 272 g/mol. The maximum absolute atomic E-state index is 5.78. The largest absolute Gasteiger partial charge is 0.479 e. The van der Waals surface area contributed by atoms with Crippen LogP contribution < -0.4 is 10.5 Å². The van der Waals surface area contributed by atoms with Crippen molar-refractivity contribution < 1.29 is 4.74 Å². The van der Waals surface area contributed by atoms with E-state index in [2.05, 4.69) is 15.0 Å². The number of hydrogen-bond donors (Lipinski definition) is 1. The maximum Gasteiger partial charge on any atom is 0.240 e. The molecule has 0 radical (unpaired) electrons. The summed E-state index contributed by atoms with van der Waals surface area (Å²) in [7, 11) is 1.56. The molecule has 0 unspecified atom stereocenters. The zero-order valence-corrected chi connectivity index (χ0v) is 11.6. The van der Waals surface area contributed by atoms with Gasteiger partial charge < -0.3 is 10.5 Å². The predicted molar refractivity (Wildman–Crippen MR) is 78.9 cm³/mol. The fraction of sp³-hybridized carbons (Fsp3) is 0.0714. The third-order valence-corrected chi connectivity index (χ3v) is 3.73. The second kappa shape index (κ2) is 5.34. The Morgan fingerprint density at radius 3 is 2.65 bits per heavy atom. The molecule has 3 rings (SSSR count). The smallest absolute Gasteiger partial charge is 0.240 e. The van der Waals surface area contributed by atoms with Gasteiger partial charge in [0.2, 0.25) is 11.8 Å². The van der Waals surface area contributed by atoms with E-state index in [-0.39, 0.29) is 5.95 Å². The molecule has 0 bridgehead atoms. The molecule has 0 saturated heterocycles. The number of anilines is 1. The van der Waals surface area contributed by atoms with E-state index in [4.69, 9.17) is 10.5 Å². The van der Waals surface area contributed by atoms with Gasteiger partial charge in [-0.05, 0) is 18.2 Å². The SMILES string of the molecule is COc1nccc2c(Sc3ccccc3)nc(N)nc12.